The Morgan fingerprint density at radius 2 is 2.19 bits per heavy atom. The van der Waals surface area contributed by atoms with E-state index >= 15 is 0 Å². The molecule has 0 spiro atoms. The third-order valence-corrected chi connectivity index (χ3v) is 4.64. The molecule has 6 heteroatoms. The number of hydrogen-bond donors (Lipinski definition) is 3. The SMILES string of the molecule is Cc1nc2c(c(=O)[nH]1)CCN(CC(O)C1CCNCC1)C2. The number of aryl methyl sites for hydroxylation is 1. The average molecular weight is 292 g/mol. The lowest BCUT2D eigenvalue weighted by atomic mass is 9.91. The van der Waals surface area contributed by atoms with Crippen molar-refractivity contribution < 1.29 is 5.11 Å². The van der Waals surface area contributed by atoms with Crippen LogP contribution in [-0.2, 0) is 13.0 Å². The fourth-order valence-corrected chi connectivity index (χ4v) is 3.42. The largest absolute Gasteiger partial charge is 0.392 e. The van der Waals surface area contributed by atoms with Crippen molar-refractivity contribution in [1.82, 2.24) is 20.2 Å². The quantitative estimate of drug-likeness (QED) is 0.719. The van der Waals surface area contributed by atoms with E-state index in [9.17, 15) is 9.90 Å². The maximum Gasteiger partial charge on any atom is 0.254 e. The number of hydrogen-bond acceptors (Lipinski definition) is 5. The van der Waals surface area contributed by atoms with Gasteiger partial charge in [0.25, 0.3) is 5.56 Å². The summed E-state index contributed by atoms with van der Waals surface area (Å²) < 4.78 is 0. The van der Waals surface area contributed by atoms with Gasteiger partial charge in [-0.25, -0.2) is 4.98 Å². The highest BCUT2D eigenvalue weighted by Gasteiger charge is 2.26. The zero-order valence-electron chi connectivity index (χ0n) is 12.6. The van der Waals surface area contributed by atoms with E-state index < -0.39 is 0 Å². The zero-order valence-corrected chi connectivity index (χ0v) is 12.6. The van der Waals surface area contributed by atoms with Crippen molar-refractivity contribution in [2.75, 3.05) is 26.2 Å². The summed E-state index contributed by atoms with van der Waals surface area (Å²) in [6.07, 6.45) is 2.53. The second-order valence-electron chi connectivity index (χ2n) is 6.22. The number of aliphatic hydroxyl groups is 1. The van der Waals surface area contributed by atoms with Crippen LogP contribution >= 0.6 is 0 Å². The van der Waals surface area contributed by atoms with Gasteiger partial charge in [0.2, 0.25) is 0 Å². The molecule has 116 valence electrons. The number of H-pyrrole nitrogens is 1. The maximum absolute atomic E-state index is 11.9. The molecule has 3 rings (SSSR count). The van der Waals surface area contributed by atoms with E-state index in [0.717, 1.165) is 50.2 Å². The molecule has 6 nitrogen and oxygen atoms in total. The van der Waals surface area contributed by atoms with E-state index in [0.29, 0.717) is 24.8 Å². The van der Waals surface area contributed by atoms with Crippen LogP contribution in [0.25, 0.3) is 0 Å². The van der Waals surface area contributed by atoms with Crippen molar-refractivity contribution in [2.24, 2.45) is 5.92 Å². The Labute approximate surface area is 124 Å². The summed E-state index contributed by atoms with van der Waals surface area (Å²) in [5, 5.41) is 13.8. The number of nitrogens with zero attached hydrogens (tertiary/aromatic N) is 2. The van der Waals surface area contributed by atoms with Gasteiger partial charge < -0.3 is 15.4 Å². The number of aromatic nitrogens is 2. The Morgan fingerprint density at radius 3 is 2.95 bits per heavy atom. The van der Waals surface area contributed by atoms with Gasteiger partial charge in [0.1, 0.15) is 5.82 Å². The molecule has 2 aliphatic heterocycles. The molecule has 0 bridgehead atoms. The van der Waals surface area contributed by atoms with Crippen LogP contribution in [-0.4, -0.2) is 52.3 Å². The van der Waals surface area contributed by atoms with Gasteiger partial charge in [-0.3, -0.25) is 9.69 Å². The number of aliphatic hydroxyl groups excluding tert-OH is 1. The molecular formula is C15H24N4O2. The van der Waals surface area contributed by atoms with Crippen LogP contribution in [0.15, 0.2) is 4.79 Å². The lowest BCUT2D eigenvalue weighted by Gasteiger charge is -2.33. The molecule has 1 unspecified atom stereocenters. The molecule has 1 atom stereocenters. The van der Waals surface area contributed by atoms with Crippen LogP contribution < -0.4 is 10.9 Å². The number of nitrogens with one attached hydrogen (secondary N) is 2. The topological polar surface area (TPSA) is 81.2 Å². The minimum atomic E-state index is -0.281. The summed E-state index contributed by atoms with van der Waals surface area (Å²) in [5.74, 6) is 1.06. The van der Waals surface area contributed by atoms with E-state index in [1.807, 2.05) is 6.92 Å². The molecular weight excluding hydrogens is 268 g/mol. The molecule has 0 saturated carbocycles. The molecule has 21 heavy (non-hydrogen) atoms. The lowest BCUT2D eigenvalue weighted by molar-refractivity contribution is 0.0457. The van der Waals surface area contributed by atoms with Crippen LogP contribution in [0.1, 0.15) is 29.9 Å². The third kappa shape index (κ3) is 3.33. The van der Waals surface area contributed by atoms with Crippen molar-refractivity contribution in [2.45, 2.75) is 38.8 Å². The van der Waals surface area contributed by atoms with Crippen LogP contribution in [0.3, 0.4) is 0 Å². The molecule has 3 heterocycles. The first-order chi connectivity index (χ1) is 10.1. The number of β-amino-alcohol motifs (C(OH)–C–C–N with tert-alkyl or cyclic N) is 1. The molecule has 0 radical (unpaired) electrons. The minimum Gasteiger partial charge on any atom is -0.392 e. The minimum absolute atomic E-state index is 0.00365. The molecule has 1 aromatic rings. The summed E-state index contributed by atoms with van der Waals surface area (Å²) in [5.41, 5.74) is 1.68. The van der Waals surface area contributed by atoms with Gasteiger partial charge in [-0.05, 0) is 45.2 Å². The summed E-state index contributed by atoms with van der Waals surface area (Å²) in [4.78, 5) is 21.3. The van der Waals surface area contributed by atoms with Crippen LogP contribution in [0.4, 0.5) is 0 Å². The summed E-state index contributed by atoms with van der Waals surface area (Å²) in [7, 11) is 0. The summed E-state index contributed by atoms with van der Waals surface area (Å²) in [6.45, 7) is 5.98. The molecule has 0 aromatic carbocycles. The molecule has 1 aromatic heterocycles. The van der Waals surface area contributed by atoms with Crippen molar-refractivity contribution in [3.05, 3.63) is 27.4 Å². The number of aromatic amines is 1. The highest BCUT2D eigenvalue weighted by Crippen LogP contribution is 2.20. The van der Waals surface area contributed by atoms with E-state index in [1.54, 1.807) is 0 Å². The van der Waals surface area contributed by atoms with Crippen LogP contribution in [0.5, 0.6) is 0 Å². The first-order valence-electron chi connectivity index (χ1n) is 7.83. The van der Waals surface area contributed by atoms with Crippen molar-refractivity contribution in [1.29, 1.82) is 0 Å². The normalized spacial score (nSPS) is 22.0. The van der Waals surface area contributed by atoms with Gasteiger partial charge in [-0.2, -0.15) is 0 Å². The monoisotopic (exact) mass is 292 g/mol. The van der Waals surface area contributed by atoms with Crippen molar-refractivity contribution in [3.8, 4) is 0 Å². The van der Waals surface area contributed by atoms with Crippen LogP contribution in [0, 0.1) is 12.8 Å². The predicted octanol–water partition coefficient (Wildman–Crippen LogP) is -0.203. The molecule has 0 aliphatic carbocycles. The molecule has 2 aliphatic rings. The van der Waals surface area contributed by atoms with Gasteiger partial charge in [-0.15, -0.1) is 0 Å². The van der Waals surface area contributed by atoms with E-state index in [-0.39, 0.29) is 11.7 Å². The Morgan fingerprint density at radius 1 is 1.43 bits per heavy atom. The number of rotatable bonds is 3. The molecule has 3 N–H and O–H groups in total. The summed E-state index contributed by atoms with van der Waals surface area (Å²) in [6, 6.07) is 0. The first-order valence-corrected chi connectivity index (χ1v) is 7.83. The Bertz CT molecular complexity index is 551. The van der Waals surface area contributed by atoms with Crippen LogP contribution in [0.2, 0.25) is 0 Å². The number of piperidine rings is 1. The number of fused-ring (bicyclic) bond motifs is 1. The van der Waals surface area contributed by atoms with E-state index in [2.05, 4.69) is 20.2 Å². The van der Waals surface area contributed by atoms with Gasteiger partial charge in [0.05, 0.1) is 11.8 Å². The standard InChI is InChI=1S/C15H24N4O2/c1-10-17-13-8-19(7-4-12(13)15(21)18-10)9-14(20)11-2-5-16-6-3-11/h11,14,16,20H,2-9H2,1H3,(H,17,18,21). The lowest BCUT2D eigenvalue weighted by Crippen LogP contribution is -2.43. The smallest absolute Gasteiger partial charge is 0.254 e. The summed E-state index contributed by atoms with van der Waals surface area (Å²) >= 11 is 0. The average Bonchev–Trinajstić information content (AvgIpc) is 2.47. The molecule has 0 amide bonds. The van der Waals surface area contributed by atoms with Crippen molar-refractivity contribution >= 4 is 0 Å². The van der Waals surface area contributed by atoms with Gasteiger partial charge in [0.15, 0.2) is 0 Å². The molecule has 1 saturated heterocycles. The second kappa shape index (κ2) is 6.25. The van der Waals surface area contributed by atoms with Crippen molar-refractivity contribution in [3.63, 3.8) is 0 Å². The second-order valence-corrected chi connectivity index (χ2v) is 6.22. The maximum atomic E-state index is 11.9. The highest BCUT2D eigenvalue weighted by atomic mass is 16.3. The highest BCUT2D eigenvalue weighted by molar-refractivity contribution is 5.20. The Hall–Kier alpha value is -1.24. The fourth-order valence-electron chi connectivity index (χ4n) is 3.42. The zero-order chi connectivity index (χ0) is 14.8. The third-order valence-electron chi connectivity index (χ3n) is 4.64. The van der Waals surface area contributed by atoms with E-state index in [4.69, 9.17) is 0 Å². The Kier molecular flexibility index (Phi) is 4.37. The molecule has 1 fully saturated rings. The fraction of sp³-hybridized carbons (Fsp3) is 0.733. The predicted molar refractivity (Wildman–Crippen MR) is 80.2 cm³/mol. The van der Waals surface area contributed by atoms with Gasteiger partial charge in [-0.1, -0.05) is 0 Å². The Balaban J connectivity index is 1.64. The van der Waals surface area contributed by atoms with E-state index in [1.165, 1.54) is 0 Å². The van der Waals surface area contributed by atoms with Gasteiger partial charge in [0, 0.05) is 25.2 Å². The van der Waals surface area contributed by atoms with Gasteiger partial charge >= 0.3 is 0 Å². The first kappa shape index (κ1) is 14.7.